The molecule has 188 valence electrons. The highest BCUT2D eigenvalue weighted by atomic mass is 31.2. The van der Waals surface area contributed by atoms with E-state index in [-0.39, 0.29) is 0 Å². The molecule has 2 aromatic heterocycles. The van der Waals surface area contributed by atoms with Crippen LogP contribution in [-0.4, -0.2) is 71.3 Å². The van der Waals surface area contributed by atoms with Gasteiger partial charge in [-0.1, -0.05) is 25.7 Å². The van der Waals surface area contributed by atoms with Crippen molar-refractivity contribution >= 4 is 36.1 Å². The maximum absolute atomic E-state index is 12.7. The van der Waals surface area contributed by atoms with Gasteiger partial charge in [-0.15, -0.1) is 0 Å². The normalized spacial score (nSPS) is 18.6. The Morgan fingerprint density at radius 3 is 2.31 bits per heavy atom. The molecule has 11 heteroatoms. The summed E-state index contributed by atoms with van der Waals surface area (Å²) < 4.78 is 24.8. The number of rotatable bonds is 7. The zero-order valence-electron chi connectivity index (χ0n) is 20.5. The Morgan fingerprint density at radius 2 is 1.66 bits per heavy atom. The number of hydrogen-bond acceptors (Lipinski definition) is 8. The van der Waals surface area contributed by atoms with E-state index in [2.05, 4.69) is 44.3 Å². The second kappa shape index (κ2) is 10.6. The highest BCUT2D eigenvalue weighted by Crippen LogP contribution is 2.50. The third-order valence-electron chi connectivity index (χ3n) is 7.14. The van der Waals surface area contributed by atoms with Gasteiger partial charge in [-0.05, 0) is 37.1 Å². The molecule has 2 aliphatic rings. The lowest BCUT2D eigenvalue weighted by Gasteiger charge is -2.38. The zero-order valence-corrected chi connectivity index (χ0v) is 21.4. The Bertz CT molecular complexity index is 1150. The summed E-state index contributed by atoms with van der Waals surface area (Å²) in [6.45, 7) is 2.74. The van der Waals surface area contributed by atoms with E-state index in [0.717, 1.165) is 48.3 Å². The lowest BCUT2D eigenvalue weighted by molar-refractivity contribution is 0.203. The van der Waals surface area contributed by atoms with Crippen molar-refractivity contribution in [3.63, 3.8) is 0 Å². The second-order valence-electron chi connectivity index (χ2n) is 9.15. The van der Waals surface area contributed by atoms with Gasteiger partial charge in [0.05, 0.1) is 11.6 Å². The molecule has 3 heterocycles. The average Bonchev–Trinajstić information content (AvgIpc) is 3.22. The summed E-state index contributed by atoms with van der Waals surface area (Å²) in [6, 6.07) is 9.03. The number of benzene rings is 1. The number of nitrogens with one attached hydrogen (secondary N) is 1. The van der Waals surface area contributed by atoms with Gasteiger partial charge in [0, 0.05) is 64.0 Å². The molecule has 1 N–H and O–H groups in total. The highest BCUT2D eigenvalue weighted by molar-refractivity contribution is 7.51. The quantitative estimate of drug-likeness (QED) is 0.365. The van der Waals surface area contributed by atoms with E-state index >= 15 is 0 Å². The first-order chi connectivity index (χ1) is 17.1. The van der Waals surface area contributed by atoms with Gasteiger partial charge in [-0.3, -0.25) is 14.1 Å². The number of piperazine rings is 1. The van der Waals surface area contributed by atoms with Crippen LogP contribution in [0.4, 0.5) is 17.3 Å². The molecular weight excluding hydrogens is 465 g/mol. The molecule has 0 bridgehead atoms. The summed E-state index contributed by atoms with van der Waals surface area (Å²) in [5.41, 5.74) is 3.00. The van der Waals surface area contributed by atoms with Gasteiger partial charge < -0.3 is 9.80 Å². The van der Waals surface area contributed by atoms with E-state index in [1.54, 1.807) is 10.9 Å². The summed E-state index contributed by atoms with van der Waals surface area (Å²) in [6.07, 6.45) is 10.9. The molecular formula is C24H34N7O3P. The number of aromatic amines is 1. The molecule has 10 nitrogen and oxygen atoms in total. The molecule has 0 unspecified atom stereocenters. The standard InChI is InChI=1S/C24H34N7O3P/c1-33-35(32,34-2)30-15-13-29(14-16-30)20-9-11-22(12-10-20)31(21-7-5-3-4-6-8-21)24-25-17-19-18-26-28-23(19)27-24/h9-12,17-18,21H,3-8,13-16H2,1-2H3,(H,25,26,27,28). The summed E-state index contributed by atoms with van der Waals surface area (Å²) in [5.74, 6) is 0.713. The van der Waals surface area contributed by atoms with E-state index in [4.69, 9.17) is 19.0 Å². The van der Waals surface area contributed by atoms with E-state index in [1.165, 1.54) is 39.9 Å². The van der Waals surface area contributed by atoms with Gasteiger partial charge in [-0.25, -0.2) is 14.2 Å². The van der Waals surface area contributed by atoms with Crippen molar-refractivity contribution in [1.29, 1.82) is 0 Å². The van der Waals surface area contributed by atoms with Crippen LogP contribution in [0.3, 0.4) is 0 Å². The van der Waals surface area contributed by atoms with Gasteiger partial charge in [-0.2, -0.15) is 10.1 Å². The van der Waals surface area contributed by atoms with Crippen LogP contribution < -0.4 is 9.80 Å². The number of aromatic nitrogens is 4. The minimum Gasteiger partial charge on any atom is -0.369 e. The van der Waals surface area contributed by atoms with Gasteiger partial charge in [0.1, 0.15) is 0 Å². The number of fused-ring (bicyclic) bond motifs is 1. The SMILES string of the molecule is COP(=O)(OC)N1CCN(c2ccc(N(c3ncc4cn[nH]c4n3)C3CCCCCC3)cc2)CC1. The maximum atomic E-state index is 12.7. The number of nitrogens with zero attached hydrogens (tertiary/aromatic N) is 6. The first-order valence-electron chi connectivity index (χ1n) is 12.4. The van der Waals surface area contributed by atoms with Crippen molar-refractivity contribution < 1.29 is 13.6 Å². The molecule has 1 aliphatic carbocycles. The third-order valence-corrected chi connectivity index (χ3v) is 9.16. The van der Waals surface area contributed by atoms with Crippen LogP contribution in [0.1, 0.15) is 38.5 Å². The number of hydrogen-bond donors (Lipinski definition) is 1. The lowest BCUT2D eigenvalue weighted by Crippen LogP contribution is -2.45. The summed E-state index contributed by atoms with van der Waals surface area (Å²) >= 11 is 0. The zero-order chi connectivity index (χ0) is 24.3. The van der Waals surface area contributed by atoms with Gasteiger partial charge in [0.25, 0.3) is 0 Å². The number of anilines is 3. The lowest BCUT2D eigenvalue weighted by atomic mass is 10.1. The largest absolute Gasteiger partial charge is 0.407 e. The Labute approximate surface area is 206 Å². The predicted octanol–water partition coefficient (Wildman–Crippen LogP) is 4.74. The Hall–Kier alpha value is -2.52. The fraction of sp³-hybridized carbons (Fsp3) is 0.542. The smallest absolute Gasteiger partial charge is 0.369 e. The van der Waals surface area contributed by atoms with Crippen LogP contribution in [0.25, 0.3) is 11.0 Å². The van der Waals surface area contributed by atoms with Crippen LogP contribution in [0.15, 0.2) is 36.7 Å². The fourth-order valence-electron chi connectivity index (χ4n) is 5.18. The van der Waals surface area contributed by atoms with Crippen LogP contribution >= 0.6 is 7.75 Å². The number of H-pyrrole nitrogens is 1. The molecule has 0 radical (unpaired) electrons. The topological polar surface area (TPSA) is 99.7 Å². The van der Waals surface area contributed by atoms with E-state index < -0.39 is 7.75 Å². The molecule has 0 atom stereocenters. The van der Waals surface area contributed by atoms with Gasteiger partial charge in [0.2, 0.25) is 5.95 Å². The van der Waals surface area contributed by atoms with Crippen LogP contribution in [0.5, 0.6) is 0 Å². The molecule has 2 fully saturated rings. The van der Waals surface area contributed by atoms with Crippen molar-refractivity contribution in [2.24, 2.45) is 0 Å². The van der Waals surface area contributed by atoms with Crippen molar-refractivity contribution in [3.8, 4) is 0 Å². The Balaban J connectivity index is 1.37. The maximum Gasteiger partial charge on any atom is 0.407 e. The molecule has 35 heavy (non-hydrogen) atoms. The molecule has 5 rings (SSSR count). The monoisotopic (exact) mass is 499 g/mol. The highest BCUT2D eigenvalue weighted by Gasteiger charge is 2.34. The molecule has 1 saturated carbocycles. The summed E-state index contributed by atoms with van der Waals surface area (Å²) in [4.78, 5) is 14.1. The van der Waals surface area contributed by atoms with E-state index in [1.807, 2.05) is 6.20 Å². The van der Waals surface area contributed by atoms with Crippen molar-refractivity contribution in [3.05, 3.63) is 36.7 Å². The minimum atomic E-state index is -3.18. The van der Waals surface area contributed by atoms with Gasteiger partial charge in [0.15, 0.2) is 5.65 Å². The minimum absolute atomic E-state index is 0.365. The summed E-state index contributed by atoms with van der Waals surface area (Å²) in [7, 11) is -0.315. The third kappa shape index (κ3) is 5.07. The van der Waals surface area contributed by atoms with E-state index in [9.17, 15) is 4.57 Å². The molecule has 3 aromatic rings. The van der Waals surface area contributed by atoms with Crippen molar-refractivity contribution in [2.75, 3.05) is 50.2 Å². The Kier molecular flexibility index (Phi) is 7.34. The summed E-state index contributed by atoms with van der Waals surface area (Å²) in [5, 5.41) is 8.00. The van der Waals surface area contributed by atoms with Gasteiger partial charge >= 0.3 is 7.75 Å². The fourth-order valence-corrected chi connectivity index (χ4v) is 6.46. The van der Waals surface area contributed by atoms with Crippen LogP contribution in [-0.2, 0) is 13.6 Å². The Morgan fingerprint density at radius 1 is 0.971 bits per heavy atom. The molecule has 1 saturated heterocycles. The first-order valence-corrected chi connectivity index (χ1v) is 13.9. The van der Waals surface area contributed by atoms with E-state index in [0.29, 0.717) is 25.1 Å². The molecule has 1 aromatic carbocycles. The van der Waals surface area contributed by atoms with Crippen molar-refractivity contribution in [1.82, 2.24) is 24.8 Å². The van der Waals surface area contributed by atoms with Crippen LogP contribution in [0.2, 0.25) is 0 Å². The predicted molar refractivity (Wildman–Crippen MR) is 137 cm³/mol. The van der Waals surface area contributed by atoms with Crippen LogP contribution in [0, 0.1) is 0 Å². The second-order valence-corrected chi connectivity index (χ2v) is 11.4. The first kappa shape index (κ1) is 24.2. The molecule has 0 amide bonds. The molecule has 0 spiro atoms. The average molecular weight is 500 g/mol. The molecule has 1 aliphatic heterocycles. The van der Waals surface area contributed by atoms with Crippen molar-refractivity contribution in [2.45, 2.75) is 44.6 Å².